The molecule has 1 heteroatoms. The van der Waals surface area contributed by atoms with E-state index in [0.717, 1.165) is 25.2 Å². The van der Waals surface area contributed by atoms with Crippen LogP contribution < -0.4 is 0 Å². The summed E-state index contributed by atoms with van der Waals surface area (Å²) in [6.07, 6.45) is 8.23. The maximum Gasteiger partial charge on any atom is 0.133 e. The van der Waals surface area contributed by atoms with Crippen molar-refractivity contribution in [3.05, 3.63) is 0 Å². The second kappa shape index (κ2) is 2.86. The molecule has 2 rings (SSSR count). The van der Waals surface area contributed by atoms with E-state index in [1.165, 1.54) is 25.7 Å². The van der Waals surface area contributed by atoms with E-state index < -0.39 is 0 Å². The van der Waals surface area contributed by atoms with E-state index in [1.807, 2.05) is 0 Å². The normalized spacial score (nSPS) is 42.4. The van der Waals surface area contributed by atoms with Gasteiger partial charge in [0.1, 0.15) is 5.78 Å². The van der Waals surface area contributed by atoms with Crippen LogP contribution in [0.4, 0.5) is 0 Å². The molecule has 1 spiro atoms. The molecule has 0 bridgehead atoms. The van der Waals surface area contributed by atoms with Gasteiger partial charge in [0.25, 0.3) is 0 Å². The maximum atomic E-state index is 11.3. The van der Waals surface area contributed by atoms with Crippen LogP contribution in [0.3, 0.4) is 0 Å². The highest BCUT2D eigenvalue weighted by molar-refractivity contribution is 5.79. The smallest absolute Gasteiger partial charge is 0.133 e. The van der Waals surface area contributed by atoms with Gasteiger partial charge in [-0.1, -0.05) is 13.3 Å². The third-order valence-electron chi connectivity index (χ3n) is 3.68. The summed E-state index contributed by atoms with van der Waals surface area (Å²) in [7, 11) is 0. The van der Waals surface area contributed by atoms with Crippen LogP contribution in [0.15, 0.2) is 0 Å². The molecule has 1 nitrogen and oxygen atoms in total. The van der Waals surface area contributed by atoms with Crippen molar-refractivity contribution in [1.29, 1.82) is 0 Å². The summed E-state index contributed by atoms with van der Waals surface area (Å²) in [4.78, 5) is 11.3. The fourth-order valence-corrected chi connectivity index (χ4v) is 3.14. The SMILES string of the molecule is CC1CCC2(CCCC(=O)C2)C1. The van der Waals surface area contributed by atoms with Crippen LogP contribution in [-0.4, -0.2) is 5.78 Å². The van der Waals surface area contributed by atoms with E-state index in [4.69, 9.17) is 0 Å². The number of carbonyl (C=O) groups is 1. The fourth-order valence-electron chi connectivity index (χ4n) is 3.14. The number of Topliss-reactive ketones (excluding diaryl/α,β-unsaturated/α-hetero) is 1. The average Bonchev–Trinajstić information content (AvgIpc) is 2.32. The Labute approximate surface area is 74.5 Å². The molecule has 0 saturated heterocycles. The first-order chi connectivity index (χ1) is 5.70. The molecule has 0 aromatic carbocycles. The zero-order valence-electron chi connectivity index (χ0n) is 7.94. The molecule has 0 aromatic rings. The van der Waals surface area contributed by atoms with Crippen LogP contribution in [0.25, 0.3) is 0 Å². The molecule has 0 aromatic heterocycles. The number of hydrogen-bond acceptors (Lipinski definition) is 1. The summed E-state index contributed by atoms with van der Waals surface area (Å²) in [6.45, 7) is 2.33. The summed E-state index contributed by atoms with van der Waals surface area (Å²) in [5, 5.41) is 0. The maximum absolute atomic E-state index is 11.3. The monoisotopic (exact) mass is 166 g/mol. The van der Waals surface area contributed by atoms with Gasteiger partial charge in [-0.15, -0.1) is 0 Å². The van der Waals surface area contributed by atoms with Crippen molar-refractivity contribution in [3.8, 4) is 0 Å². The number of rotatable bonds is 0. The Hall–Kier alpha value is -0.330. The predicted octanol–water partition coefficient (Wildman–Crippen LogP) is 2.94. The number of carbonyl (C=O) groups excluding carboxylic acids is 1. The molecule has 2 aliphatic rings. The average molecular weight is 166 g/mol. The summed E-state index contributed by atoms with van der Waals surface area (Å²) in [6, 6.07) is 0. The van der Waals surface area contributed by atoms with E-state index in [2.05, 4.69) is 6.92 Å². The number of ketones is 1. The molecule has 0 heterocycles. The molecule has 2 atom stereocenters. The van der Waals surface area contributed by atoms with Crippen molar-refractivity contribution in [2.75, 3.05) is 0 Å². The van der Waals surface area contributed by atoms with Gasteiger partial charge in [-0.05, 0) is 37.0 Å². The van der Waals surface area contributed by atoms with E-state index in [1.54, 1.807) is 0 Å². The summed E-state index contributed by atoms with van der Waals surface area (Å²) >= 11 is 0. The second-order valence-corrected chi connectivity index (χ2v) is 4.92. The Balaban J connectivity index is 2.05. The minimum atomic E-state index is 0.467. The lowest BCUT2D eigenvalue weighted by atomic mass is 9.72. The molecule has 0 N–H and O–H groups in total. The van der Waals surface area contributed by atoms with Crippen LogP contribution in [-0.2, 0) is 4.79 Å². The largest absolute Gasteiger partial charge is 0.300 e. The van der Waals surface area contributed by atoms with E-state index in [9.17, 15) is 4.79 Å². The van der Waals surface area contributed by atoms with Gasteiger partial charge in [0, 0.05) is 12.8 Å². The molecular formula is C11H18O. The molecule has 0 radical (unpaired) electrons. The predicted molar refractivity (Wildman–Crippen MR) is 48.9 cm³/mol. The van der Waals surface area contributed by atoms with E-state index in [-0.39, 0.29) is 0 Å². The summed E-state index contributed by atoms with van der Waals surface area (Å²) < 4.78 is 0. The highest BCUT2D eigenvalue weighted by Gasteiger charge is 2.40. The van der Waals surface area contributed by atoms with Gasteiger partial charge >= 0.3 is 0 Å². The Morgan fingerprint density at radius 2 is 2.25 bits per heavy atom. The van der Waals surface area contributed by atoms with Crippen LogP contribution in [0, 0.1) is 11.3 Å². The van der Waals surface area contributed by atoms with Gasteiger partial charge in [0.2, 0.25) is 0 Å². The molecule has 2 unspecified atom stereocenters. The van der Waals surface area contributed by atoms with Gasteiger partial charge in [-0.25, -0.2) is 0 Å². The fraction of sp³-hybridized carbons (Fsp3) is 0.909. The van der Waals surface area contributed by atoms with Crippen molar-refractivity contribution >= 4 is 5.78 Å². The minimum absolute atomic E-state index is 0.467. The molecule has 12 heavy (non-hydrogen) atoms. The van der Waals surface area contributed by atoms with Gasteiger partial charge in [0.05, 0.1) is 0 Å². The first-order valence-corrected chi connectivity index (χ1v) is 5.22. The molecule has 2 saturated carbocycles. The van der Waals surface area contributed by atoms with Crippen molar-refractivity contribution < 1.29 is 4.79 Å². The van der Waals surface area contributed by atoms with Crippen LogP contribution in [0.2, 0.25) is 0 Å². The van der Waals surface area contributed by atoms with Crippen molar-refractivity contribution in [1.82, 2.24) is 0 Å². The lowest BCUT2D eigenvalue weighted by Crippen LogP contribution is -2.26. The van der Waals surface area contributed by atoms with Gasteiger partial charge in [-0.2, -0.15) is 0 Å². The Morgan fingerprint density at radius 3 is 2.83 bits per heavy atom. The zero-order valence-corrected chi connectivity index (χ0v) is 7.94. The Morgan fingerprint density at radius 1 is 1.42 bits per heavy atom. The lowest BCUT2D eigenvalue weighted by molar-refractivity contribution is -0.123. The lowest BCUT2D eigenvalue weighted by Gasteiger charge is -2.32. The third kappa shape index (κ3) is 1.41. The molecule has 2 fully saturated rings. The summed E-state index contributed by atoms with van der Waals surface area (Å²) in [5.74, 6) is 1.39. The minimum Gasteiger partial charge on any atom is -0.300 e. The Kier molecular flexibility index (Phi) is 1.97. The van der Waals surface area contributed by atoms with Crippen LogP contribution >= 0.6 is 0 Å². The summed E-state index contributed by atoms with van der Waals surface area (Å²) in [5.41, 5.74) is 0.467. The Bertz CT molecular complexity index is 193. The highest BCUT2D eigenvalue weighted by Crippen LogP contribution is 2.50. The molecular weight excluding hydrogens is 148 g/mol. The van der Waals surface area contributed by atoms with Gasteiger partial charge < -0.3 is 0 Å². The first-order valence-electron chi connectivity index (χ1n) is 5.22. The van der Waals surface area contributed by atoms with Crippen molar-refractivity contribution in [2.45, 2.75) is 51.9 Å². The standard InChI is InChI=1S/C11H18O/c1-9-4-6-11(7-9)5-2-3-10(12)8-11/h9H,2-8H2,1H3. The highest BCUT2D eigenvalue weighted by atomic mass is 16.1. The van der Waals surface area contributed by atoms with E-state index >= 15 is 0 Å². The third-order valence-corrected chi connectivity index (χ3v) is 3.68. The molecule has 0 amide bonds. The topological polar surface area (TPSA) is 17.1 Å². The van der Waals surface area contributed by atoms with Crippen LogP contribution in [0.1, 0.15) is 51.9 Å². The van der Waals surface area contributed by atoms with E-state index in [0.29, 0.717) is 11.2 Å². The van der Waals surface area contributed by atoms with Crippen molar-refractivity contribution in [2.24, 2.45) is 11.3 Å². The van der Waals surface area contributed by atoms with Crippen LogP contribution in [0.5, 0.6) is 0 Å². The van der Waals surface area contributed by atoms with Gasteiger partial charge in [0.15, 0.2) is 0 Å². The quantitative estimate of drug-likeness (QED) is 0.540. The number of hydrogen-bond donors (Lipinski definition) is 0. The van der Waals surface area contributed by atoms with Gasteiger partial charge in [-0.3, -0.25) is 4.79 Å². The molecule has 2 aliphatic carbocycles. The second-order valence-electron chi connectivity index (χ2n) is 4.92. The van der Waals surface area contributed by atoms with Crippen molar-refractivity contribution in [3.63, 3.8) is 0 Å². The zero-order chi connectivity index (χ0) is 8.60. The molecule has 0 aliphatic heterocycles. The molecule has 68 valence electrons. The first kappa shape index (κ1) is 8.28.